The van der Waals surface area contributed by atoms with E-state index in [2.05, 4.69) is 5.32 Å². The Bertz CT molecular complexity index is 339. The summed E-state index contributed by atoms with van der Waals surface area (Å²) in [4.78, 5) is 14.5. The third-order valence-electron chi connectivity index (χ3n) is 5.25. The van der Waals surface area contributed by atoms with E-state index in [1.807, 2.05) is 11.9 Å². The minimum atomic E-state index is 0. The molecule has 1 saturated carbocycles. The Balaban J connectivity index is 0.00000147. The molecule has 2 saturated heterocycles. The molecule has 2 atom stereocenters. The van der Waals surface area contributed by atoms with E-state index in [9.17, 15) is 4.79 Å². The van der Waals surface area contributed by atoms with Crippen LogP contribution < -0.4 is 5.32 Å². The Morgan fingerprint density at radius 1 is 1.40 bits per heavy atom. The van der Waals surface area contributed by atoms with E-state index >= 15 is 0 Å². The highest BCUT2D eigenvalue weighted by Gasteiger charge is 2.58. The van der Waals surface area contributed by atoms with Gasteiger partial charge >= 0.3 is 0 Å². The normalized spacial score (nSPS) is 31.4. The highest BCUT2D eigenvalue weighted by Crippen LogP contribution is 2.59. The quantitative estimate of drug-likeness (QED) is 0.862. The van der Waals surface area contributed by atoms with Gasteiger partial charge in [0.25, 0.3) is 0 Å². The number of ether oxygens (including phenoxy) is 1. The zero-order chi connectivity index (χ0) is 13.3. The van der Waals surface area contributed by atoms with Gasteiger partial charge in [-0.3, -0.25) is 4.79 Å². The number of carbonyl (C=O) groups is 1. The summed E-state index contributed by atoms with van der Waals surface area (Å²) in [6, 6.07) is 0. The van der Waals surface area contributed by atoms with Crippen molar-refractivity contribution in [1.82, 2.24) is 10.2 Å². The van der Waals surface area contributed by atoms with Gasteiger partial charge in [-0.25, -0.2) is 0 Å². The zero-order valence-corrected chi connectivity index (χ0v) is 13.2. The molecule has 0 aromatic carbocycles. The third-order valence-corrected chi connectivity index (χ3v) is 5.25. The molecular weight excluding hydrogens is 276 g/mol. The van der Waals surface area contributed by atoms with Crippen LogP contribution >= 0.6 is 12.4 Å². The van der Waals surface area contributed by atoms with Crippen molar-refractivity contribution in [3.63, 3.8) is 0 Å². The van der Waals surface area contributed by atoms with Crippen molar-refractivity contribution in [3.8, 4) is 0 Å². The molecule has 0 radical (unpaired) electrons. The van der Waals surface area contributed by atoms with Crippen molar-refractivity contribution in [2.45, 2.75) is 32.1 Å². The smallest absolute Gasteiger partial charge is 0.226 e. The Labute approximate surface area is 128 Å². The van der Waals surface area contributed by atoms with Crippen LogP contribution in [0.4, 0.5) is 0 Å². The maximum Gasteiger partial charge on any atom is 0.226 e. The van der Waals surface area contributed by atoms with Gasteiger partial charge in [0, 0.05) is 26.1 Å². The van der Waals surface area contributed by atoms with Crippen LogP contribution in [0.2, 0.25) is 0 Å². The maximum atomic E-state index is 12.5. The molecule has 1 amide bonds. The average Bonchev–Trinajstić information content (AvgIpc) is 3.13. The molecule has 3 fully saturated rings. The summed E-state index contributed by atoms with van der Waals surface area (Å²) in [7, 11) is 1.98. The molecule has 4 nitrogen and oxygen atoms in total. The molecular formula is C15H27ClN2O2. The van der Waals surface area contributed by atoms with Crippen LogP contribution in [0.5, 0.6) is 0 Å². The summed E-state index contributed by atoms with van der Waals surface area (Å²) in [6.45, 7) is 4.78. The molecule has 1 aliphatic carbocycles. The lowest BCUT2D eigenvalue weighted by molar-refractivity contribution is -0.133. The van der Waals surface area contributed by atoms with Crippen LogP contribution in [0.15, 0.2) is 0 Å². The molecule has 0 aromatic rings. The van der Waals surface area contributed by atoms with Gasteiger partial charge in [0.2, 0.25) is 5.91 Å². The van der Waals surface area contributed by atoms with E-state index in [0.29, 0.717) is 23.2 Å². The SMILES string of the molecule is CN(CC1CCCOC1)C(=O)C1CC12CCNCC2.Cl. The molecule has 1 N–H and O–H groups in total. The lowest BCUT2D eigenvalue weighted by Gasteiger charge is -2.29. The van der Waals surface area contributed by atoms with Gasteiger partial charge in [0.1, 0.15) is 0 Å². The van der Waals surface area contributed by atoms with Gasteiger partial charge in [0.05, 0.1) is 6.61 Å². The van der Waals surface area contributed by atoms with Crippen LogP contribution in [0, 0.1) is 17.3 Å². The fourth-order valence-electron chi connectivity index (χ4n) is 3.87. The van der Waals surface area contributed by atoms with Gasteiger partial charge in [-0.05, 0) is 56.5 Å². The number of hydrogen-bond acceptors (Lipinski definition) is 3. The van der Waals surface area contributed by atoms with E-state index in [4.69, 9.17) is 4.74 Å². The van der Waals surface area contributed by atoms with E-state index < -0.39 is 0 Å². The minimum absolute atomic E-state index is 0. The summed E-state index contributed by atoms with van der Waals surface area (Å²) in [5.74, 6) is 1.24. The molecule has 116 valence electrons. The van der Waals surface area contributed by atoms with Crippen LogP contribution in [0.3, 0.4) is 0 Å². The minimum Gasteiger partial charge on any atom is -0.381 e. The first-order valence-electron chi connectivity index (χ1n) is 7.75. The first-order chi connectivity index (χ1) is 9.21. The van der Waals surface area contributed by atoms with Crippen molar-refractivity contribution in [1.29, 1.82) is 0 Å². The zero-order valence-electron chi connectivity index (χ0n) is 12.4. The van der Waals surface area contributed by atoms with Gasteiger partial charge in [-0.2, -0.15) is 0 Å². The molecule has 2 unspecified atom stereocenters. The highest BCUT2D eigenvalue weighted by atomic mass is 35.5. The highest BCUT2D eigenvalue weighted by molar-refractivity contribution is 5.85. The number of rotatable bonds is 3. The Morgan fingerprint density at radius 2 is 2.15 bits per heavy atom. The molecule has 2 aliphatic heterocycles. The molecule has 1 spiro atoms. The molecule has 20 heavy (non-hydrogen) atoms. The largest absolute Gasteiger partial charge is 0.381 e. The lowest BCUT2D eigenvalue weighted by Crippen LogP contribution is -2.38. The van der Waals surface area contributed by atoms with Crippen LogP contribution in [0.25, 0.3) is 0 Å². The summed E-state index contributed by atoms with van der Waals surface area (Å²) >= 11 is 0. The molecule has 3 aliphatic rings. The number of carbonyl (C=O) groups excluding carboxylic acids is 1. The van der Waals surface area contributed by atoms with Crippen LogP contribution in [-0.4, -0.2) is 50.7 Å². The lowest BCUT2D eigenvalue weighted by atomic mass is 9.91. The molecule has 0 aromatic heterocycles. The summed E-state index contributed by atoms with van der Waals surface area (Å²) < 4.78 is 5.50. The molecule has 5 heteroatoms. The Hall–Kier alpha value is -0.320. The van der Waals surface area contributed by atoms with Crippen molar-refractivity contribution in [2.75, 3.05) is 39.9 Å². The predicted octanol–water partition coefficient (Wildman–Crippen LogP) is 1.68. The van der Waals surface area contributed by atoms with Gasteiger partial charge in [0.15, 0.2) is 0 Å². The van der Waals surface area contributed by atoms with Gasteiger partial charge in [-0.15, -0.1) is 12.4 Å². The van der Waals surface area contributed by atoms with E-state index in [0.717, 1.165) is 45.7 Å². The summed E-state index contributed by atoms with van der Waals surface area (Å²) in [5, 5.41) is 3.39. The summed E-state index contributed by atoms with van der Waals surface area (Å²) in [6.07, 6.45) is 5.84. The van der Waals surface area contributed by atoms with E-state index in [1.54, 1.807) is 0 Å². The first kappa shape index (κ1) is 16.1. The monoisotopic (exact) mass is 302 g/mol. The molecule has 2 heterocycles. The number of nitrogens with one attached hydrogen (secondary N) is 1. The van der Waals surface area contributed by atoms with E-state index in [1.165, 1.54) is 19.3 Å². The second kappa shape index (κ2) is 6.63. The molecule has 3 rings (SSSR count). The summed E-state index contributed by atoms with van der Waals surface area (Å²) in [5.41, 5.74) is 0.361. The maximum absolute atomic E-state index is 12.5. The Kier molecular flexibility index (Phi) is 5.32. The molecule has 0 bridgehead atoms. The second-order valence-electron chi connectivity index (χ2n) is 6.67. The fraction of sp³-hybridized carbons (Fsp3) is 0.933. The number of halogens is 1. The predicted molar refractivity (Wildman–Crippen MR) is 81.1 cm³/mol. The first-order valence-corrected chi connectivity index (χ1v) is 7.75. The standard InChI is InChI=1S/C15H26N2O2.ClH/c1-17(10-12-3-2-8-19-11-12)14(18)13-9-15(13)4-6-16-7-5-15;/h12-13,16H,2-11H2,1H3;1H. The van der Waals surface area contributed by atoms with Gasteiger partial charge in [-0.1, -0.05) is 0 Å². The van der Waals surface area contributed by atoms with Crippen molar-refractivity contribution >= 4 is 18.3 Å². The second-order valence-corrected chi connectivity index (χ2v) is 6.67. The van der Waals surface area contributed by atoms with Gasteiger partial charge < -0.3 is 15.0 Å². The Morgan fingerprint density at radius 3 is 2.80 bits per heavy atom. The number of nitrogens with zero attached hydrogens (tertiary/aromatic N) is 1. The number of piperidine rings is 1. The van der Waals surface area contributed by atoms with Crippen LogP contribution in [-0.2, 0) is 9.53 Å². The fourth-order valence-corrected chi connectivity index (χ4v) is 3.87. The number of hydrogen-bond donors (Lipinski definition) is 1. The topological polar surface area (TPSA) is 41.6 Å². The average molecular weight is 303 g/mol. The van der Waals surface area contributed by atoms with Crippen molar-refractivity contribution in [2.24, 2.45) is 17.3 Å². The number of amides is 1. The van der Waals surface area contributed by atoms with Crippen molar-refractivity contribution < 1.29 is 9.53 Å². The van der Waals surface area contributed by atoms with Crippen molar-refractivity contribution in [3.05, 3.63) is 0 Å². The van der Waals surface area contributed by atoms with Crippen LogP contribution in [0.1, 0.15) is 32.1 Å². The van der Waals surface area contributed by atoms with E-state index in [-0.39, 0.29) is 12.4 Å². The third kappa shape index (κ3) is 3.29.